The van der Waals surface area contributed by atoms with Crippen molar-refractivity contribution in [2.75, 3.05) is 11.1 Å². The summed E-state index contributed by atoms with van der Waals surface area (Å²) in [5, 5.41) is 7.33. The van der Waals surface area contributed by atoms with E-state index in [9.17, 15) is 4.79 Å². The largest absolute Gasteiger partial charge is 0.375 e. The molecular formula is C10H13N5OS. The standard InChI is InChI=1S/C10H13N5OS/c1-5-4-7(15(3)14-5)13-9(16)8-6(2)12-10(11)17-8/h4H,1-3H3,(H2,11,12)(H,13,16). The number of rotatable bonds is 2. The van der Waals surface area contributed by atoms with E-state index in [1.54, 1.807) is 24.7 Å². The van der Waals surface area contributed by atoms with E-state index >= 15 is 0 Å². The van der Waals surface area contributed by atoms with Gasteiger partial charge in [-0.3, -0.25) is 9.48 Å². The zero-order chi connectivity index (χ0) is 12.6. The number of nitrogen functional groups attached to an aromatic ring is 1. The number of anilines is 2. The fourth-order valence-electron chi connectivity index (χ4n) is 1.53. The number of thiazole rings is 1. The quantitative estimate of drug-likeness (QED) is 0.843. The van der Waals surface area contributed by atoms with Crippen LogP contribution in [-0.2, 0) is 7.05 Å². The second-order valence-electron chi connectivity index (χ2n) is 3.72. The lowest BCUT2D eigenvalue weighted by molar-refractivity contribution is 0.102. The second-order valence-corrected chi connectivity index (χ2v) is 4.75. The van der Waals surface area contributed by atoms with E-state index in [-0.39, 0.29) is 5.91 Å². The first-order chi connectivity index (χ1) is 7.97. The monoisotopic (exact) mass is 251 g/mol. The third kappa shape index (κ3) is 2.28. The summed E-state index contributed by atoms with van der Waals surface area (Å²) in [6.07, 6.45) is 0. The van der Waals surface area contributed by atoms with Crippen molar-refractivity contribution in [3.63, 3.8) is 0 Å². The highest BCUT2D eigenvalue weighted by Crippen LogP contribution is 2.21. The molecule has 2 aromatic heterocycles. The molecule has 7 heteroatoms. The Morgan fingerprint density at radius 1 is 1.53 bits per heavy atom. The van der Waals surface area contributed by atoms with E-state index in [2.05, 4.69) is 15.4 Å². The summed E-state index contributed by atoms with van der Waals surface area (Å²) >= 11 is 1.18. The molecule has 0 aliphatic rings. The Labute approximate surface area is 102 Å². The average molecular weight is 251 g/mol. The van der Waals surface area contributed by atoms with Gasteiger partial charge in [0.05, 0.1) is 11.4 Å². The maximum Gasteiger partial charge on any atom is 0.268 e. The van der Waals surface area contributed by atoms with Gasteiger partial charge in [0, 0.05) is 13.1 Å². The molecule has 0 spiro atoms. The molecule has 3 N–H and O–H groups in total. The molecule has 0 aliphatic carbocycles. The summed E-state index contributed by atoms with van der Waals surface area (Å²) in [4.78, 5) is 16.5. The summed E-state index contributed by atoms with van der Waals surface area (Å²) in [6, 6.07) is 1.80. The first kappa shape index (κ1) is 11.6. The van der Waals surface area contributed by atoms with Gasteiger partial charge in [-0.1, -0.05) is 11.3 Å². The zero-order valence-electron chi connectivity index (χ0n) is 9.81. The predicted molar refractivity (Wildman–Crippen MR) is 67.2 cm³/mol. The minimum Gasteiger partial charge on any atom is -0.375 e. The number of nitrogens with two attached hydrogens (primary N) is 1. The summed E-state index contributed by atoms with van der Waals surface area (Å²) < 4.78 is 1.62. The van der Waals surface area contributed by atoms with E-state index in [1.165, 1.54) is 11.3 Å². The van der Waals surface area contributed by atoms with Crippen LogP contribution >= 0.6 is 11.3 Å². The van der Waals surface area contributed by atoms with Crippen LogP contribution in [0.15, 0.2) is 6.07 Å². The minimum absolute atomic E-state index is 0.209. The topological polar surface area (TPSA) is 85.8 Å². The summed E-state index contributed by atoms with van der Waals surface area (Å²) in [7, 11) is 1.77. The van der Waals surface area contributed by atoms with Crippen molar-refractivity contribution >= 4 is 28.2 Å². The number of aromatic nitrogens is 3. The summed E-state index contributed by atoms with van der Waals surface area (Å²) in [6.45, 7) is 3.63. The Morgan fingerprint density at radius 3 is 2.71 bits per heavy atom. The van der Waals surface area contributed by atoms with Crippen molar-refractivity contribution in [2.45, 2.75) is 13.8 Å². The maximum absolute atomic E-state index is 12.0. The molecule has 90 valence electrons. The Morgan fingerprint density at radius 2 is 2.24 bits per heavy atom. The molecule has 6 nitrogen and oxygen atoms in total. The van der Waals surface area contributed by atoms with Crippen LogP contribution in [0.5, 0.6) is 0 Å². The Hall–Kier alpha value is -1.89. The highest BCUT2D eigenvalue weighted by molar-refractivity contribution is 7.17. The molecule has 2 heterocycles. The van der Waals surface area contributed by atoms with Gasteiger partial charge in [-0.05, 0) is 13.8 Å². The van der Waals surface area contributed by atoms with Gasteiger partial charge in [0.15, 0.2) is 5.13 Å². The van der Waals surface area contributed by atoms with Crippen LogP contribution in [0.3, 0.4) is 0 Å². The molecule has 0 atom stereocenters. The molecule has 0 fully saturated rings. The molecule has 2 rings (SSSR count). The lowest BCUT2D eigenvalue weighted by Gasteiger charge is -2.03. The normalized spacial score (nSPS) is 10.5. The van der Waals surface area contributed by atoms with Crippen LogP contribution in [0.4, 0.5) is 10.9 Å². The first-order valence-corrected chi connectivity index (χ1v) is 5.84. The predicted octanol–water partition coefficient (Wildman–Crippen LogP) is 1.33. The average Bonchev–Trinajstić information content (AvgIpc) is 2.70. The van der Waals surface area contributed by atoms with Crippen LogP contribution in [0, 0.1) is 13.8 Å². The van der Waals surface area contributed by atoms with E-state index in [1.807, 2.05) is 6.92 Å². The minimum atomic E-state index is -0.209. The van der Waals surface area contributed by atoms with E-state index in [4.69, 9.17) is 5.73 Å². The molecule has 0 saturated carbocycles. The molecule has 17 heavy (non-hydrogen) atoms. The molecule has 0 unspecified atom stereocenters. The Balaban J connectivity index is 2.22. The smallest absolute Gasteiger partial charge is 0.268 e. The van der Waals surface area contributed by atoms with Crippen molar-refractivity contribution in [3.05, 3.63) is 22.3 Å². The van der Waals surface area contributed by atoms with Gasteiger partial charge in [-0.2, -0.15) is 5.10 Å². The highest BCUT2D eigenvalue weighted by atomic mass is 32.1. The van der Waals surface area contributed by atoms with Gasteiger partial charge in [0.2, 0.25) is 0 Å². The van der Waals surface area contributed by atoms with E-state index in [0.29, 0.717) is 21.5 Å². The first-order valence-electron chi connectivity index (χ1n) is 5.02. The fourth-order valence-corrected chi connectivity index (χ4v) is 2.26. The van der Waals surface area contributed by atoms with E-state index in [0.717, 1.165) is 5.69 Å². The van der Waals surface area contributed by atoms with Crippen molar-refractivity contribution < 1.29 is 4.79 Å². The van der Waals surface area contributed by atoms with Crippen molar-refractivity contribution in [2.24, 2.45) is 7.05 Å². The van der Waals surface area contributed by atoms with Gasteiger partial charge in [-0.15, -0.1) is 0 Å². The number of hydrogen-bond acceptors (Lipinski definition) is 5. The van der Waals surface area contributed by atoms with Crippen LogP contribution < -0.4 is 11.1 Å². The van der Waals surface area contributed by atoms with E-state index < -0.39 is 0 Å². The van der Waals surface area contributed by atoms with Gasteiger partial charge in [-0.25, -0.2) is 4.98 Å². The molecule has 2 aromatic rings. The van der Waals surface area contributed by atoms with Crippen LogP contribution in [0.25, 0.3) is 0 Å². The number of carbonyl (C=O) groups is 1. The zero-order valence-corrected chi connectivity index (χ0v) is 10.6. The molecule has 0 aliphatic heterocycles. The molecule has 1 amide bonds. The molecule has 0 saturated heterocycles. The van der Waals surface area contributed by atoms with Gasteiger partial charge in [0.25, 0.3) is 5.91 Å². The maximum atomic E-state index is 12.0. The Bertz CT molecular complexity index is 571. The van der Waals surface area contributed by atoms with Gasteiger partial charge in [0.1, 0.15) is 10.7 Å². The molecule has 0 aromatic carbocycles. The lowest BCUT2D eigenvalue weighted by Crippen LogP contribution is -2.14. The van der Waals surface area contributed by atoms with Crippen LogP contribution in [-0.4, -0.2) is 20.7 Å². The second kappa shape index (κ2) is 4.17. The fraction of sp³-hybridized carbons (Fsp3) is 0.300. The highest BCUT2D eigenvalue weighted by Gasteiger charge is 2.15. The molecule has 0 bridgehead atoms. The summed E-state index contributed by atoms with van der Waals surface area (Å²) in [5.74, 6) is 0.443. The third-order valence-electron chi connectivity index (χ3n) is 2.26. The van der Waals surface area contributed by atoms with Gasteiger partial charge >= 0.3 is 0 Å². The van der Waals surface area contributed by atoms with Gasteiger partial charge < -0.3 is 11.1 Å². The third-order valence-corrected chi connectivity index (χ3v) is 3.25. The molecule has 0 radical (unpaired) electrons. The SMILES string of the molecule is Cc1cc(NC(=O)c2sc(N)nc2C)n(C)n1. The number of hydrogen-bond donors (Lipinski definition) is 2. The molecular weight excluding hydrogens is 238 g/mol. The lowest BCUT2D eigenvalue weighted by atomic mass is 10.3. The van der Waals surface area contributed by atoms with Crippen LogP contribution in [0.1, 0.15) is 21.1 Å². The number of aryl methyl sites for hydroxylation is 3. The van der Waals surface area contributed by atoms with Crippen molar-refractivity contribution in [1.29, 1.82) is 0 Å². The number of carbonyl (C=O) groups excluding carboxylic acids is 1. The number of nitrogens with zero attached hydrogens (tertiary/aromatic N) is 3. The Kier molecular flexibility index (Phi) is 2.84. The van der Waals surface area contributed by atoms with Crippen molar-refractivity contribution in [1.82, 2.24) is 14.8 Å². The number of amides is 1. The summed E-state index contributed by atoms with van der Waals surface area (Å²) in [5.41, 5.74) is 7.05. The van der Waals surface area contributed by atoms with Crippen molar-refractivity contribution in [3.8, 4) is 0 Å². The van der Waals surface area contributed by atoms with Crippen LogP contribution in [0.2, 0.25) is 0 Å². The number of nitrogens with one attached hydrogen (secondary N) is 1.